The van der Waals surface area contributed by atoms with Crippen LogP contribution in [0.5, 0.6) is 5.75 Å². The van der Waals surface area contributed by atoms with Crippen LogP contribution in [0.15, 0.2) is 35.9 Å². The van der Waals surface area contributed by atoms with E-state index < -0.39 is 29.5 Å². The fourth-order valence-corrected chi connectivity index (χ4v) is 2.44. The van der Waals surface area contributed by atoms with Gasteiger partial charge < -0.3 is 20.7 Å². The zero-order valence-corrected chi connectivity index (χ0v) is 12.9. The van der Waals surface area contributed by atoms with Crippen molar-refractivity contribution in [1.29, 1.82) is 0 Å². The van der Waals surface area contributed by atoms with Gasteiger partial charge in [0.2, 0.25) is 0 Å². The van der Waals surface area contributed by atoms with Crippen molar-refractivity contribution in [2.75, 3.05) is 5.73 Å². The summed E-state index contributed by atoms with van der Waals surface area (Å²) in [6, 6.07) is 3.50. The fraction of sp³-hybridized carbons (Fsp3) is 0.250. The second-order valence-electron chi connectivity index (χ2n) is 5.77. The smallest absolute Gasteiger partial charge is 0.481 e. The van der Waals surface area contributed by atoms with E-state index in [1.807, 2.05) is 0 Å². The molecular weight excluding hydrogens is 343 g/mol. The molecule has 0 radical (unpaired) electrons. The number of allylic oxidation sites excluding steroid dienone is 2. The number of nitrogens with two attached hydrogens (primary N) is 1. The van der Waals surface area contributed by atoms with Crippen LogP contribution >= 0.6 is 0 Å². The zero-order valence-electron chi connectivity index (χ0n) is 12.9. The first-order chi connectivity index (χ1) is 11.4. The Balaban J connectivity index is 2.54. The average molecular weight is 357 g/mol. The Morgan fingerprint density at radius 3 is 2.44 bits per heavy atom. The van der Waals surface area contributed by atoms with E-state index in [4.69, 9.17) is 5.73 Å². The molecule has 0 saturated carbocycles. The highest BCUT2D eigenvalue weighted by Crippen LogP contribution is 2.39. The molecular formula is C16H14F3NO5. The average Bonchev–Trinajstić information content (AvgIpc) is 2.47. The fourth-order valence-electron chi connectivity index (χ4n) is 2.44. The van der Waals surface area contributed by atoms with E-state index in [-0.39, 0.29) is 28.8 Å². The molecule has 0 aliphatic heterocycles. The lowest BCUT2D eigenvalue weighted by molar-refractivity contribution is -0.274. The Morgan fingerprint density at radius 1 is 1.28 bits per heavy atom. The Bertz CT molecular complexity index is 797. The maximum absolute atomic E-state index is 12.4. The van der Waals surface area contributed by atoms with Crippen LogP contribution in [0.2, 0.25) is 0 Å². The Kier molecular flexibility index (Phi) is 4.52. The van der Waals surface area contributed by atoms with E-state index in [1.165, 1.54) is 25.1 Å². The van der Waals surface area contributed by atoms with Crippen molar-refractivity contribution in [2.45, 2.75) is 19.7 Å². The number of alkyl halides is 3. The molecule has 0 saturated heterocycles. The summed E-state index contributed by atoms with van der Waals surface area (Å²) in [4.78, 5) is 22.7. The highest BCUT2D eigenvalue weighted by Gasteiger charge is 2.37. The summed E-state index contributed by atoms with van der Waals surface area (Å²) in [5.41, 5.74) is 3.82. The number of halogens is 3. The Hall–Kier alpha value is -2.97. The maximum atomic E-state index is 12.4. The SMILES string of the molecule is CC1(C(=O)O)C=C(c2ccc(N)c(OC(F)(F)F)c2)C=C(C(=O)O)C1. The summed E-state index contributed by atoms with van der Waals surface area (Å²) in [7, 11) is 0. The minimum Gasteiger partial charge on any atom is -0.481 e. The van der Waals surface area contributed by atoms with Gasteiger partial charge in [-0.25, -0.2) is 4.79 Å². The van der Waals surface area contributed by atoms with E-state index in [9.17, 15) is 33.0 Å². The first-order valence-electron chi connectivity index (χ1n) is 6.97. The molecule has 9 heteroatoms. The molecule has 1 unspecified atom stereocenters. The summed E-state index contributed by atoms with van der Waals surface area (Å²) >= 11 is 0. The lowest BCUT2D eigenvalue weighted by Crippen LogP contribution is -2.29. The number of aliphatic carboxylic acids is 2. The van der Waals surface area contributed by atoms with Crippen molar-refractivity contribution >= 4 is 23.2 Å². The van der Waals surface area contributed by atoms with Crippen LogP contribution in [0.25, 0.3) is 5.57 Å². The number of carbonyl (C=O) groups is 2. The van der Waals surface area contributed by atoms with Gasteiger partial charge in [-0.2, -0.15) is 0 Å². The van der Waals surface area contributed by atoms with Gasteiger partial charge in [-0.15, -0.1) is 13.2 Å². The zero-order chi connectivity index (χ0) is 19.0. The third-order valence-corrected chi connectivity index (χ3v) is 3.70. The highest BCUT2D eigenvalue weighted by atomic mass is 19.4. The largest absolute Gasteiger partial charge is 0.573 e. The minimum atomic E-state index is -4.95. The summed E-state index contributed by atoms with van der Waals surface area (Å²) < 4.78 is 41.1. The van der Waals surface area contributed by atoms with Gasteiger partial charge in [0, 0.05) is 5.57 Å². The summed E-state index contributed by atoms with van der Waals surface area (Å²) in [5.74, 6) is -3.21. The molecule has 1 aromatic carbocycles. The van der Waals surface area contributed by atoms with Crippen LogP contribution < -0.4 is 10.5 Å². The van der Waals surface area contributed by atoms with Crippen molar-refractivity contribution in [1.82, 2.24) is 0 Å². The number of carboxylic acid groups (broad SMARTS) is 2. The van der Waals surface area contributed by atoms with E-state index in [2.05, 4.69) is 4.74 Å². The quantitative estimate of drug-likeness (QED) is 0.715. The topological polar surface area (TPSA) is 110 Å². The molecule has 2 rings (SSSR count). The molecule has 1 aliphatic rings. The van der Waals surface area contributed by atoms with Crippen molar-refractivity contribution in [3.63, 3.8) is 0 Å². The summed E-state index contributed by atoms with van der Waals surface area (Å²) in [6.07, 6.45) is -2.69. The number of nitrogen functional groups attached to an aromatic ring is 1. The van der Waals surface area contributed by atoms with Crippen LogP contribution in [0.1, 0.15) is 18.9 Å². The molecule has 0 amide bonds. The molecule has 0 bridgehead atoms. The van der Waals surface area contributed by atoms with Crippen LogP contribution in [0.3, 0.4) is 0 Å². The van der Waals surface area contributed by atoms with Crippen molar-refractivity contribution in [3.05, 3.63) is 41.5 Å². The molecule has 134 valence electrons. The number of hydrogen-bond donors (Lipinski definition) is 3. The minimum absolute atomic E-state index is 0.152. The van der Waals surface area contributed by atoms with E-state index in [1.54, 1.807) is 0 Å². The molecule has 0 aromatic heterocycles. The van der Waals surface area contributed by atoms with Crippen molar-refractivity contribution < 1.29 is 37.7 Å². The monoisotopic (exact) mass is 357 g/mol. The first-order valence-corrected chi connectivity index (χ1v) is 6.97. The van der Waals surface area contributed by atoms with Crippen LogP contribution in [0, 0.1) is 5.41 Å². The first kappa shape index (κ1) is 18.4. The Labute approximate surface area is 140 Å². The predicted octanol–water partition coefficient (Wildman–Crippen LogP) is 3.06. The van der Waals surface area contributed by atoms with Gasteiger partial charge in [-0.05, 0) is 42.7 Å². The van der Waals surface area contributed by atoms with Crippen molar-refractivity contribution in [3.8, 4) is 5.75 Å². The number of anilines is 1. The van der Waals surface area contributed by atoms with Gasteiger partial charge in [0.1, 0.15) is 0 Å². The standard InChI is InChI=1S/C16H14F3NO5/c1-15(14(23)24)6-9(4-10(7-15)13(21)22)8-2-3-11(20)12(5-8)25-16(17,18)19/h2-6H,7,20H2,1H3,(H,21,22)(H,23,24). The molecule has 0 fully saturated rings. The highest BCUT2D eigenvalue weighted by molar-refractivity contribution is 5.96. The van der Waals surface area contributed by atoms with Gasteiger partial charge in [0.05, 0.1) is 11.1 Å². The third kappa shape index (κ3) is 4.11. The van der Waals surface area contributed by atoms with Crippen LogP contribution in [-0.4, -0.2) is 28.5 Å². The molecule has 6 nitrogen and oxygen atoms in total. The van der Waals surface area contributed by atoms with Gasteiger partial charge in [-0.3, -0.25) is 4.79 Å². The summed E-state index contributed by atoms with van der Waals surface area (Å²) in [5, 5.41) is 18.5. The molecule has 1 atom stereocenters. The lowest BCUT2D eigenvalue weighted by Gasteiger charge is -2.26. The van der Waals surface area contributed by atoms with Crippen LogP contribution in [-0.2, 0) is 9.59 Å². The second-order valence-corrected chi connectivity index (χ2v) is 5.77. The molecule has 0 spiro atoms. The van der Waals surface area contributed by atoms with Crippen LogP contribution in [0.4, 0.5) is 18.9 Å². The van der Waals surface area contributed by atoms with E-state index >= 15 is 0 Å². The van der Waals surface area contributed by atoms with Gasteiger partial charge in [0.15, 0.2) is 5.75 Å². The second kappa shape index (κ2) is 6.15. The van der Waals surface area contributed by atoms with Crippen molar-refractivity contribution in [2.24, 2.45) is 5.41 Å². The normalized spacial score (nSPS) is 20.5. The molecule has 1 aromatic rings. The van der Waals surface area contributed by atoms with E-state index in [0.717, 1.165) is 12.1 Å². The number of hydrogen-bond acceptors (Lipinski definition) is 4. The molecule has 4 N–H and O–H groups in total. The number of benzene rings is 1. The summed E-state index contributed by atoms with van der Waals surface area (Å²) in [6.45, 7) is 1.33. The van der Waals surface area contributed by atoms with Gasteiger partial charge in [0.25, 0.3) is 0 Å². The third-order valence-electron chi connectivity index (χ3n) is 3.70. The molecule has 0 heterocycles. The van der Waals surface area contributed by atoms with E-state index in [0.29, 0.717) is 0 Å². The van der Waals surface area contributed by atoms with Gasteiger partial charge in [-0.1, -0.05) is 12.1 Å². The molecule has 1 aliphatic carbocycles. The number of rotatable bonds is 4. The Morgan fingerprint density at radius 2 is 1.92 bits per heavy atom. The number of carboxylic acids is 2. The lowest BCUT2D eigenvalue weighted by atomic mass is 9.76. The molecule has 25 heavy (non-hydrogen) atoms. The predicted molar refractivity (Wildman–Crippen MR) is 81.6 cm³/mol. The maximum Gasteiger partial charge on any atom is 0.573 e. The van der Waals surface area contributed by atoms with Gasteiger partial charge >= 0.3 is 18.3 Å². The number of ether oxygens (including phenoxy) is 1.